The first kappa shape index (κ1) is 11.9. The van der Waals surface area contributed by atoms with Gasteiger partial charge in [-0.15, -0.1) is 0 Å². The van der Waals surface area contributed by atoms with Gasteiger partial charge in [0.2, 0.25) is 0 Å². The van der Waals surface area contributed by atoms with Crippen LogP contribution in [0.3, 0.4) is 0 Å². The molecule has 1 nitrogen and oxygen atoms in total. The molecule has 0 aliphatic heterocycles. The Balaban J connectivity index is 2.15. The van der Waals surface area contributed by atoms with Crippen molar-refractivity contribution in [2.24, 2.45) is 5.92 Å². The minimum absolute atomic E-state index is 0.462. The van der Waals surface area contributed by atoms with Crippen LogP contribution in [-0.4, -0.2) is 7.05 Å². The molecule has 88 valence electrons. The van der Waals surface area contributed by atoms with Crippen molar-refractivity contribution in [2.75, 3.05) is 7.05 Å². The molecule has 1 aliphatic carbocycles. The lowest BCUT2D eigenvalue weighted by Crippen LogP contribution is -2.23. The lowest BCUT2D eigenvalue weighted by atomic mass is 9.79. The molecule has 0 aromatic heterocycles. The molecule has 1 aromatic carbocycles. The second-order valence-electron chi connectivity index (χ2n) is 4.83. The van der Waals surface area contributed by atoms with Gasteiger partial charge in [0.15, 0.2) is 0 Å². The third kappa shape index (κ3) is 2.41. The molecule has 0 bridgehead atoms. The van der Waals surface area contributed by atoms with Gasteiger partial charge in [0.1, 0.15) is 0 Å². The highest BCUT2D eigenvalue weighted by Gasteiger charge is 2.23. The third-order valence-corrected chi connectivity index (χ3v) is 4.24. The zero-order valence-corrected chi connectivity index (χ0v) is 10.8. The number of nitrogens with one attached hydrogen (secondary N) is 1. The van der Waals surface area contributed by atoms with Crippen molar-refractivity contribution in [2.45, 2.75) is 38.6 Å². The Morgan fingerprint density at radius 1 is 1.44 bits per heavy atom. The minimum atomic E-state index is 0.462. The normalized spacial score (nSPS) is 18.2. The van der Waals surface area contributed by atoms with Crippen LogP contribution in [0.25, 0.3) is 0 Å². The fourth-order valence-electron chi connectivity index (χ4n) is 2.46. The molecule has 1 aliphatic rings. The van der Waals surface area contributed by atoms with Crippen molar-refractivity contribution in [3.05, 3.63) is 34.3 Å². The number of halogens is 1. The predicted molar refractivity (Wildman–Crippen MR) is 69.9 cm³/mol. The third-order valence-electron chi connectivity index (χ3n) is 3.83. The highest BCUT2D eigenvalue weighted by atomic mass is 35.5. The molecule has 1 aromatic rings. The zero-order chi connectivity index (χ0) is 11.5. The maximum absolute atomic E-state index is 6.17. The molecule has 2 heteroatoms. The predicted octanol–water partition coefficient (Wildman–Crippen LogP) is 4.10. The Morgan fingerprint density at radius 2 is 2.19 bits per heavy atom. The fourth-order valence-corrected chi connectivity index (χ4v) is 2.65. The van der Waals surface area contributed by atoms with E-state index in [1.54, 1.807) is 0 Å². The first-order valence-electron chi connectivity index (χ1n) is 6.14. The van der Waals surface area contributed by atoms with E-state index >= 15 is 0 Å². The molecule has 2 rings (SSSR count). The van der Waals surface area contributed by atoms with Crippen LogP contribution in [0.2, 0.25) is 5.02 Å². The minimum Gasteiger partial charge on any atom is -0.313 e. The second kappa shape index (κ2) is 5.20. The summed E-state index contributed by atoms with van der Waals surface area (Å²) in [5.41, 5.74) is 2.59. The van der Waals surface area contributed by atoms with Gasteiger partial charge < -0.3 is 5.32 Å². The average Bonchev–Trinajstić information content (AvgIpc) is 2.22. The van der Waals surface area contributed by atoms with Gasteiger partial charge in [0.25, 0.3) is 0 Å². The standard InChI is InChI=1S/C14H20ClN/c1-10-12(7-4-8-13(10)15)14(16-2)9-11-5-3-6-11/h4,7-8,11,14,16H,3,5-6,9H2,1-2H3. The van der Waals surface area contributed by atoms with E-state index in [0.717, 1.165) is 10.9 Å². The van der Waals surface area contributed by atoms with E-state index in [-0.39, 0.29) is 0 Å². The molecule has 1 N–H and O–H groups in total. The fraction of sp³-hybridized carbons (Fsp3) is 0.571. The SMILES string of the molecule is CNC(CC1CCC1)c1cccc(Cl)c1C. The van der Waals surface area contributed by atoms with Gasteiger partial charge in [-0.05, 0) is 43.5 Å². The average molecular weight is 238 g/mol. The summed E-state index contributed by atoms with van der Waals surface area (Å²) in [5, 5.41) is 4.31. The molecule has 1 saturated carbocycles. The molecular formula is C14H20ClN. The molecular weight excluding hydrogens is 218 g/mol. The van der Waals surface area contributed by atoms with Gasteiger partial charge in [-0.3, -0.25) is 0 Å². The Kier molecular flexibility index (Phi) is 3.88. The van der Waals surface area contributed by atoms with Gasteiger partial charge >= 0.3 is 0 Å². The van der Waals surface area contributed by atoms with E-state index in [4.69, 9.17) is 11.6 Å². The summed E-state index contributed by atoms with van der Waals surface area (Å²) < 4.78 is 0. The van der Waals surface area contributed by atoms with Crippen LogP contribution in [0.1, 0.15) is 42.9 Å². The maximum atomic E-state index is 6.17. The van der Waals surface area contributed by atoms with Crippen LogP contribution < -0.4 is 5.32 Å². The highest BCUT2D eigenvalue weighted by Crippen LogP contribution is 2.36. The Hall–Kier alpha value is -0.530. The van der Waals surface area contributed by atoms with Crippen LogP contribution in [0.4, 0.5) is 0 Å². The summed E-state index contributed by atoms with van der Waals surface area (Å²) in [6.07, 6.45) is 5.46. The first-order chi connectivity index (χ1) is 7.72. The Morgan fingerprint density at radius 3 is 2.75 bits per heavy atom. The van der Waals surface area contributed by atoms with E-state index in [1.165, 1.54) is 36.8 Å². The van der Waals surface area contributed by atoms with Gasteiger partial charge in [0, 0.05) is 11.1 Å². The number of benzene rings is 1. The van der Waals surface area contributed by atoms with Crippen molar-refractivity contribution in [1.82, 2.24) is 5.32 Å². The molecule has 1 atom stereocenters. The lowest BCUT2D eigenvalue weighted by molar-refractivity contribution is 0.265. The summed E-state index contributed by atoms with van der Waals surface area (Å²) in [4.78, 5) is 0. The Bertz CT molecular complexity index is 358. The van der Waals surface area contributed by atoms with Crippen molar-refractivity contribution in [3.8, 4) is 0 Å². The second-order valence-corrected chi connectivity index (χ2v) is 5.24. The van der Waals surface area contributed by atoms with Crippen LogP contribution in [0, 0.1) is 12.8 Å². The molecule has 0 amide bonds. The summed E-state index contributed by atoms with van der Waals surface area (Å²) in [6, 6.07) is 6.68. The molecule has 0 heterocycles. The molecule has 1 fully saturated rings. The van der Waals surface area contributed by atoms with Crippen molar-refractivity contribution in [1.29, 1.82) is 0 Å². The lowest BCUT2D eigenvalue weighted by Gasteiger charge is -2.30. The smallest absolute Gasteiger partial charge is 0.0438 e. The van der Waals surface area contributed by atoms with Gasteiger partial charge in [0.05, 0.1) is 0 Å². The number of hydrogen-bond acceptors (Lipinski definition) is 1. The van der Waals surface area contributed by atoms with Gasteiger partial charge in [-0.1, -0.05) is 43.0 Å². The maximum Gasteiger partial charge on any atom is 0.0438 e. The summed E-state index contributed by atoms with van der Waals surface area (Å²) in [7, 11) is 2.05. The largest absolute Gasteiger partial charge is 0.313 e. The van der Waals surface area contributed by atoms with Gasteiger partial charge in [-0.2, -0.15) is 0 Å². The van der Waals surface area contributed by atoms with Crippen molar-refractivity contribution in [3.63, 3.8) is 0 Å². The molecule has 16 heavy (non-hydrogen) atoms. The molecule has 1 unspecified atom stereocenters. The van der Waals surface area contributed by atoms with Crippen molar-refractivity contribution < 1.29 is 0 Å². The van der Waals surface area contributed by atoms with E-state index < -0.39 is 0 Å². The number of rotatable bonds is 4. The number of hydrogen-bond donors (Lipinski definition) is 1. The highest BCUT2D eigenvalue weighted by molar-refractivity contribution is 6.31. The topological polar surface area (TPSA) is 12.0 Å². The van der Waals surface area contributed by atoms with Crippen LogP contribution in [0.5, 0.6) is 0 Å². The van der Waals surface area contributed by atoms with Crippen molar-refractivity contribution >= 4 is 11.6 Å². The van der Waals surface area contributed by atoms with E-state index in [9.17, 15) is 0 Å². The molecule has 0 spiro atoms. The Labute approximate surface area is 103 Å². The van der Waals surface area contributed by atoms with E-state index in [0.29, 0.717) is 6.04 Å². The van der Waals surface area contributed by atoms with Crippen LogP contribution >= 0.6 is 11.6 Å². The van der Waals surface area contributed by atoms with E-state index in [2.05, 4.69) is 24.4 Å². The quantitative estimate of drug-likeness (QED) is 0.832. The van der Waals surface area contributed by atoms with E-state index in [1.807, 2.05) is 13.1 Å². The van der Waals surface area contributed by atoms with Crippen LogP contribution in [0.15, 0.2) is 18.2 Å². The first-order valence-corrected chi connectivity index (χ1v) is 6.52. The summed E-state index contributed by atoms with van der Waals surface area (Å²) >= 11 is 6.17. The monoisotopic (exact) mass is 237 g/mol. The molecule has 0 radical (unpaired) electrons. The summed E-state index contributed by atoms with van der Waals surface area (Å²) in [5.74, 6) is 0.913. The van der Waals surface area contributed by atoms with Crippen LogP contribution in [-0.2, 0) is 0 Å². The summed E-state index contributed by atoms with van der Waals surface area (Å²) in [6.45, 7) is 2.11. The zero-order valence-electron chi connectivity index (χ0n) is 10.1. The van der Waals surface area contributed by atoms with Gasteiger partial charge in [-0.25, -0.2) is 0 Å². The molecule has 0 saturated heterocycles.